The van der Waals surface area contributed by atoms with E-state index in [0.717, 1.165) is 4.90 Å². The van der Waals surface area contributed by atoms with Crippen LogP contribution in [0.4, 0.5) is 5.69 Å². The van der Waals surface area contributed by atoms with Crippen LogP contribution in [0, 0.1) is 10.7 Å². The van der Waals surface area contributed by atoms with Crippen molar-refractivity contribution in [1.29, 1.82) is 0 Å². The molecule has 1 aromatic rings. The lowest BCUT2D eigenvalue weighted by Gasteiger charge is -2.28. The maximum atomic E-state index is 13.3. The van der Waals surface area contributed by atoms with Gasteiger partial charge in [0, 0.05) is 23.6 Å². The first-order valence-corrected chi connectivity index (χ1v) is 11.3. The van der Waals surface area contributed by atoms with Gasteiger partial charge >= 0.3 is 0 Å². The van der Waals surface area contributed by atoms with Crippen molar-refractivity contribution in [3.05, 3.63) is 21.8 Å². The number of hydrogen-bond donors (Lipinski definition) is 6. The number of anilines is 1. The Morgan fingerprint density at radius 2 is 1.41 bits per heavy atom. The van der Waals surface area contributed by atoms with Crippen molar-refractivity contribution in [2.75, 3.05) is 31.6 Å². The van der Waals surface area contributed by atoms with E-state index in [1.54, 1.807) is 22.6 Å². The van der Waals surface area contributed by atoms with E-state index in [0.29, 0.717) is 7.14 Å². The molecule has 1 rings (SSSR count). The third-order valence-corrected chi connectivity index (χ3v) is 6.89. The molecule has 0 aliphatic rings. The predicted molar refractivity (Wildman–Crippen MR) is 130 cm³/mol. The van der Waals surface area contributed by atoms with Crippen molar-refractivity contribution >= 4 is 91.2 Å². The van der Waals surface area contributed by atoms with Crippen LogP contribution >= 0.6 is 67.8 Å². The number of nitrogens with two attached hydrogens (primary N) is 1. The Morgan fingerprint density at radius 3 is 1.79 bits per heavy atom. The number of primary amides is 1. The van der Waals surface area contributed by atoms with Gasteiger partial charge in [-0.05, 0) is 67.8 Å². The van der Waals surface area contributed by atoms with Gasteiger partial charge in [0.1, 0.15) is 0 Å². The first-order valence-electron chi connectivity index (χ1n) is 8.11. The zero-order valence-electron chi connectivity index (χ0n) is 15.2. The molecule has 162 valence electrons. The number of rotatable bonds is 9. The molecule has 0 bridgehead atoms. The maximum absolute atomic E-state index is 13.3. The summed E-state index contributed by atoms with van der Waals surface area (Å²) in [5, 5.41) is 40.4. The second-order valence-corrected chi connectivity index (χ2v) is 9.23. The van der Waals surface area contributed by atoms with Crippen LogP contribution in [0.5, 0.6) is 0 Å². The number of aliphatic hydroxyl groups excluding tert-OH is 4. The molecule has 0 saturated carbocycles. The fraction of sp³-hybridized carbons (Fsp3) is 0.438. The number of hydrogen-bond acceptors (Lipinski definition) is 7. The topological polar surface area (TPSA) is 173 Å². The molecular formula is C16H20I3N3O7. The lowest BCUT2D eigenvalue weighted by Crippen LogP contribution is -2.44. The van der Waals surface area contributed by atoms with Gasteiger partial charge in [-0.1, -0.05) is 0 Å². The largest absolute Gasteiger partial charge is 0.394 e. The Hall–Kier alpha value is -0.340. The number of carbonyl (C=O) groups is 3. The van der Waals surface area contributed by atoms with Gasteiger partial charge in [-0.2, -0.15) is 0 Å². The molecule has 3 amide bonds. The van der Waals surface area contributed by atoms with Crippen molar-refractivity contribution in [2.45, 2.75) is 19.1 Å². The number of halogens is 3. The van der Waals surface area contributed by atoms with Gasteiger partial charge in [0.2, 0.25) is 5.91 Å². The highest BCUT2D eigenvalue weighted by atomic mass is 127. The van der Waals surface area contributed by atoms with Crippen molar-refractivity contribution in [3.63, 3.8) is 0 Å². The minimum atomic E-state index is -1.28. The molecule has 1 aromatic carbocycles. The third-order valence-electron chi connectivity index (χ3n) is 3.65. The molecule has 0 fully saturated rings. The van der Waals surface area contributed by atoms with Crippen molar-refractivity contribution in [3.8, 4) is 0 Å². The molecule has 2 atom stereocenters. The Bertz CT molecular complexity index is 795. The standard InChI is InChI=1S/C16H20I3N3O7/c1-6(25)21-14-12(18)9(15(20)28)11(17)10(13(14)19)16(29)22(2-7(26)4-23)3-8(27)5-24/h7-8,23-24,26-27H,2-5H2,1H3,(H2,20,28)(H,21,25). The Kier molecular flexibility index (Phi) is 10.9. The van der Waals surface area contributed by atoms with Crippen LogP contribution in [-0.4, -0.2) is 81.6 Å². The Labute approximate surface area is 207 Å². The molecule has 2 unspecified atom stereocenters. The number of amides is 3. The normalized spacial score (nSPS) is 13.0. The minimum Gasteiger partial charge on any atom is -0.394 e. The van der Waals surface area contributed by atoms with Crippen LogP contribution in [-0.2, 0) is 4.79 Å². The summed E-state index contributed by atoms with van der Waals surface area (Å²) in [5.41, 5.74) is 5.80. The van der Waals surface area contributed by atoms with E-state index in [1.807, 2.05) is 45.2 Å². The van der Waals surface area contributed by atoms with Gasteiger partial charge < -0.3 is 36.4 Å². The van der Waals surface area contributed by atoms with Crippen LogP contribution < -0.4 is 11.1 Å². The van der Waals surface area contributed by atoms with E-state index in [9.17, 15) is 24.6 Å². The number of nitrogens with zero attached hydrogens (tertiary/aromatic N) is 1. The highest BCUT2D eigenvalue weighted by Crippen LogP contribution is 2.36. The summed E-state index contributed by atoms with van der Waals surface area (Å²) in [6.45, 7) is -0.623. The lowest BCUT2D eigenvalue weighted by atomic mass is 10.1. The van der Waals surface area contributed by atoms with Crippen LogP contribution in [0.2, 0.25) is 0 Å². The Morgan fingerprint density at radius 1 is 0.966 bits per heavy atom. The summed E-state index contributed by atoms with van der Waals surface area (Å²) in [6.07, 6.45) is -2.57. The van der Waals surface area contributed by atoms with E-state index in [4.69, 9.17) is 15.9 Å². The summed E-state index contributed by atoms with van der Waals surface area (Å²) in [5.74, 6) is -1.89. The van der Waals surface area contributed by atoms with Crippen LogP contribution in [0.3, 0.4) is 0 Å². The SMILES string of the molecule is CC(=O)Nc1c(I)c(C(N)=O)c(I)c(C(=O)N(CC(O)CO)CC(O)CO)c1I. The number of nitrogens with one attached hydrogen (secondary N) is 1. The molecule has 0 aliphatic heterocycles. The number of benzene rings is 1. The van der Waals surface area contributed by atoms with Gasteiger partial charge in [0.25, 0.3) is 11.8 Å². The quantitative estimate of drug-likeness (QED) is 0.189. The van der Waals surface area contributed by atoms with E-state index in [2.05, 4.69) is 5.32 Å². The maximum Gasteiger partial charge on any atom is 0.256 e. The number of aliphatic hydroxyl groups is 4. The average Bonchev–Trinajstić information content (AvgIpc) is 2.63. The third kappa shape index (κ3) is 6.82. The summed E-state index contributed by atoms with van der Waals surface area (Å²) in [6, 6.07) is 0. The average molecular weight is 747 g/mol. The van der Waals surface area contributed by atoms with E-state index in [1.165, 1.54) is 6.92 Å². The van der Waals surface area contributed by atoms with E-state index < -0.39 is 43.1 Å². The summed E-state index contributed by atoms with van der Waals surface area (Å²) < 4.78 is 0.946. The molecule has 7 N–H and O–H groups in total. The second-order valence-electron chi connectivity index (χ2n) is 6.00. The van der Waals surface area contributed by atoms with Crippen LogP contribution in [0.25, 0.3) is 0 Å². The molecule has 0 aliphatic carbocycles. The molecule has 0 heterocycles. The smallest absolute Gasteiger partial charge is 0.256 e. The molecule has 29 heavy (non-hydrogen) atoms. The van der Waals surface area contributed by atoms with Crippen molar-refractivity contribution < 1.29 is 34.8 Å². The molecule has 0 spiro atoms. The zero-order chi connectivity index (χ0) is 22.5. The molecule has 0 radical (unpaired) electrons. The summed E-state index contributed by atoms with van der Waals surface area (Å²) >= 11 is 5.50. The number of carbonyl (C=O) groups excluding carboxylic acids is 3. The summed E-state index contributed by atoms with van der Waals surface area (Å²) in [4.78, 5) is 38.0. The van der Waals surface area contributed by atoms with Gasteiger partial charge in [0.15, 0.2) is 0 Å². The molecule has 0 saturated heterocycles. The van der Waals surface area contributed by atoms with Gasteiger partial charge in [-0.15, -0.1) is 0 Å². The first-order chi connectivity index (χ1) is 13.5. The fourth-order valence-corrected chi connectivity index (χ4v) is 6.81. The first kappa shape index (κ1) is 26.7. The molecule has 0 aromatic heterocycles. The van der Waals surface area contributed by atoms with Crippen LogP contribution in [0.15, 0.2) is 0 Å². The Balaban J connectivity index is 3.66. The van der Waals surface area contributed by atoms with E-state index in [-0.39, 0.29) is 33.5 Å². The monoisotopic (exact) mass is 747 g/mol. The summed E-state index contributed by atoms with van der Waals surface area (Å²) in [7, 11) is 0. The van der Waals surface area contributed by atoms with Gasteiger partial charge in [0.05, 0.1) is 49.4 Å². The van der Waals surface area contributed by atoms with Crippen molar-refractivity contribution in [2.24, 2.45) is 5.73 Å². The van der Waals surface area contributed by atoms with Crippen LogP contribution in [0.1, 0.15) is 27.6 Å². The molecule has 13 heteroatoms. The van der Waals surface area contributed by atoms with Crippen molar-refractivity contribution in [1.82, 2.24) is 4.90 Å². The zero-order valence-corrected chi connectivity index (χ0v) is 21.6. The van der Waals surface area contributed by atoms with Gasteiger partial charge in [-0.3, -0.25) is 14.4 Å². The highest BCUT2D eigenvalue weighted by Gasteiger charge is 2.31. The van der Waals surface area contributed by atoms with Gasteiger partial charge in [-0.25, -0.2) is 0 Å². The molecule has 10 nitrogen and oxygen atoms in total. The highest BCUT2D eigenvalue weighted by molar-refractivity contribution is 14.1. The minimum absolute atomic E-state index is 0.0412. The second kappa shape index (κ2) is 11.9. The predicted octanol–water partition coefficient (Wildman–Crippen LogP) is -0.294. The van der Waals surface area contributed by atoms with E-state index >= 15 is 0 Å². The lowest BCUT2D eigenvalue weighted by molar-refractivity contribution is -0.114. The molecular weight excluding hydrogens is 727 g/mol. The fourth-order valence-electron chi connectivity index (χ4n) is 2.38.